The molecule has 2 amide bonds. The van der Waals surface area contributed by atoms with Crippen molar-refractivity contribution in [1.82, 2.24) is 9.88 Å². The quantitative estimate of drug-likeness (QED) is 0.786. The van der Waals surface area contributed by atoms with Crippen molar-refractivity contribution in [2.75, 3.05) is 11.9 Å². The van der Waals surface area contributed by atoms with Crippen LogP contribution >= 0.6 is 15.9 Å². The number of fused-ring (bicyclic) bond motifs is 2. The van der Waals surface area contributed by atoms with Gasteiger partial charge in [0, 0.05) is 40.7 Å². The van der Waals surface area contributed by atoms with Crippen molar-refractivity contribution in [2.24, 2.45) is 5.92 Å². The summed E-state index contributed by atoms with van der Waals surface area (Å²) in [5.41, 5.74) is 2.60. The van der Waals surface area contributed by atoms with E-state index in [1.165, 1.54) is 6.42 Å². The number of nitrogens with one attached hydrogen (secondary N) is 1. The largest absolute Gasteiger partial charge is 0.331 e. The predicted molar refractivity (Wildman–Crippen MR) is 98.8 cm³/mol. The Hall–Kier alpha value is -2.21. The van der Waals surface area contributed by atoms with Gasteiger partial charge in [0.05, 0.1) is 0 Å². The van der Waals surface area contributed by atoms with E-state index in [0.29, 0.717) is 11.6 Å². The van der Waals surface area contributed by atoms with Crippen molar-refractivity contribution < 1.29 is 9.59 Å². The van der Waals surface area contributed by atoms with Crippen LogP contribution in [-0.4, -0.2) is 34.3 Å². The first-order valence-electron chi connectivity index (χ1n) is 8.43. The molecule has 128 valence electrons. The molecule has 1 aliphatic carbocycles. The molecule has 2 fully saturated rings. The minimum atomic E-state index is -0.551. The second-order valence-electron chi connectivity index (χ2n) is 6.71. The van der Waals surface area contributed by atoms with Gasteiger partial charge in [-0.25, -0.2) is 0 Å². The summed E-state index contributed by atoms with van der Waals surface area (Å²) < 4.78 is 0.910. The van der Waals surface area contributed by atoms with E-state index in [9.17, 15) is 9.59 Å². The van der Waals surface area contributed by atoms with Gasteiger partial charge in [0.15, 0.2) is 0 Å². The number of rotatable bonds is 2. The van der Waals surface area contributed by atoms with Crippen molar-refractivity contribution in [3.8, 4) is 11.1 Å². The zero-order valence-corrected chi connectivity index (χ0v) is 15.2. The third-order valence-electron chi connectivity index (χ3n) is 5.05. The Morgan fingerprint density at radius 3 is 2.56 bits per heavy atom. The number of hydrogen-bond acceptors (Lipinski definition) is 3. The summed E-state index contributed by atoms with van der Waals surface area (Å²) in [5.74, 6) is -0.378. The van der Waals surface area contributed by atoms with Gasteiger partial charge in [-0.3, -0.25) is 14.6 Å². The van der Waals surface area contributed by atoms with E-state index in [4.69, 9.17) is 0 Å². The van der Waals surface area contributed by atoms with Crippen LogP contribution in [0.4, 0.5) is 5.69 Å². The molecule has 1 aliphatic heterocycles. The molecule has 2 unspecified atom stereocenters. The number of hydrogen-bond donors (Lipinski definition) is 1. The van der Waals surface area contributed by atoms with E-state index in [1.807, 2.05) is 18.2 Å². The second kappa shape index (κ2) is 6.59. The molecule has 1 N–H and O–H groups in total. The van der Waals surface area contributed by atoms with Crippen LogP contribution in [0.5, 0.6) is 0 Å². The zero-order valence-electron chi connectivity index (χ0n) is 13.6. The molecule has 1 saturated carbocycles. The average Bonchev–Trinajstić information content (AvgIpc) is 3.25. The van der Waals surface area contributed by atoms with Crippen LogP contribution in [0, 0.1) is 5.92 Å². The summed E-state index contributed by atoms with van der Waals surface area (Å²) in [6.45, 7) is 0.728. The minimum absolute atomic E-state index is 0.259. The molecule has 1 saturated heterocycles. The summed E-state index contributed by atoms with van der Waals surface area (Å²) >= 11 is 3.41. The first-order chi connectivity index (χ1) is 12.1. The van der Waals surface area contributed by atoms with Gasteiger partial charge in [-0.15, -0.1) is 0 Å². The smallest absolute Gasteiger partial charge is 0.313 e. The minimum Gasteiger partial charge on any atom is -0.331 e. The lowest BCUT2D eigenvalue weighted by Gasteiger charge is -2.26. The molecule has 2 aliphatic rings. The number of halogens is 1. The lowest BCUT2D eigenvalue weighted by molar-refractivity contribution is -0.144. The average molecular weight is 400 g/mol. The van der Waals surface area contributed by atoms with E-state index < -0.39 is 11.8 Å². The number of nitrogens with zero attached hydrogens (tertiary/aromatic N) is 2. The number of aromatic nitrogens is 1. The van der Waals surface area contributed by atoms with E-state index in [0.717, 1.165) is 35.0 Å². The molecular weight excluding hydrogens is 382 g/mol. The van der Waals surface area contributed by atoms with Crippen molar-refractivity contribution in [3.05, 3.63) is 47.2 Å². The summed E-state index contributed by atoms with van der Waals surface area (Å²) in [5, 5.41) is 2.71. The van der Waals surface area contributed by atoms with Gasteiger partial charge in [0.2, 0.25) is 0 Å². The standard InChI is InChI=1S/C19H18BrN3O2/c20-15-8-14(9-21-10-15)13-2-4-16(5-3-13)22-18(24)19(25)23-11-12-1-6-17(23)7-12/h2-5,8-10,12,17H,1,6-7,11H2,(H,22,24). The Bertz CT molecular complexity index is 822. The maximum atomic E-state index is 12.4. The number of piperidine rings is 1. The lowest BCUT2D eigenvalue weighted by atomic mass is 10.1. The van der Waals surface area contributed by atoms with Crippen LogP contribution in [0.2, 0.25) is 0 Å². The highest BCUT2D eigenvalue weighted by Crippen LogP contribution is 2.37. The van der Waals surface area contributed by atoms with E-state index in [1.54, 1.807) is 29.4 Å². The van der Waals surface area contributed by atoms with E-state index in [2.05, 4.69) is 26.2 Å². The van der Waals surface area contributed by atoms with Crippen LogP contribution in [0.15, 0.2) is 47.2 Å². The van der Waals surface area contributed by atoms with Gasteiger partial charge in [0.1, 0.15) is 0 Å². The van der Waals surface area contributed by atoms with E-state index >= 15 is 0 Å². The second-order valence-corrected chi connectivity index (χ2v) is 7.63. The third-order valence-corrected chi connectivity index (χ3v) is 5.48. The number of carbonyl (C=O) groups excluding carboxylic acids is 2. The summed E-state index contributed by atoms with van der Waals surface area (Å²) in [7, 11) is 0. The van der Waals surface area contributed by atoms with Crippen molar-refractivity contribution in [2.45, 2.75) is 25.3 Å². The topological polar surface area (TPSA) is 62.3 Å². The SMILES string of the molecule is O=C(Nc1ccc(-c2cncc(Br)c2)cc1)C(=O)N1CC2CCC1C2. The molecule has 0 radical (unpaired) electrons. The van der Waals surface area contributed by atoms with E-state index in [-0.39, 0.29) is 6.04 Å². The van der Waals surface area contributed by atoms with Gasteiger partial charge in [-0.05, 0) is 64.9 Å². The molecule has 2 atom stereocenters. The van der Waals surface area contributed by atoms with Crippen LogP contribution in [0.1, 0.15) is 19.3 Å². The van der Waals surface area contributed by atoms with Crippen LogP contribution in [0.25, 0.3) is 11.1 Å². The Kier molecular flexibility index (Phi) is 4.29. The maximum absolute atomic E-state index is 12.4. The van der Waals surface area contributed by atoms with Crippen LogP contribution < -0.4 is 5.32 Å². The molecule has 0 spiro atoms. The molecule has 1 aromatic heterocycles. The Morgan fingerprint density at radius 1 is 1.12 bits per heavy atom. The van der Waals surface area contributed by atoms with Gasteiger partial charge in [-0.1, -0.05) is 12.1 Å². The van der Waals surface area contributed by atoms with Crippen LogP contribution in [-0.2, 0) is 9.59 Å². The zero-order chi connectivity index (χ0) is 17.4. The fourth-order valence-electron chi connectivity index (χ4n) is 3.80. The highest BCUT2D eigenvalue weighted by molar-refractivity contribution is 9.10. The monoisotopic (exact) mass is 399 g/mol. The van der Waals surface area contributed by atoms with Gasteiger partial charge in [-0.2, -0.15) is 0 Å². The van der Waals surface area contributed by atoms with Crippen molar-refractivity contribution in [1.29, 1.82) is 0 Å². The fourth-order valence-corrected chi connectivity index (χ4v) is 4.17. The molecule has 2 heterocycles. The number of amides is 2. The first kappa shape index (κ1) is 16.3. The lowest BCUT2D eigenvalue weighted by Crippen LogP contribution is -2.44. The third kappa shape index (κ3) is 3.31. The first-order valence-corrected chi connectivity index (χ1v) is 9.22. The van der Waals surface area contributed by atoms with Gasteiger partial charge >= 0.3 is 11.8 Å². The molecule has 5 nitrogen and oxygen atoms in total. The molecule has 1 aromatic carbocycles. The molecule has 4 rings (SSSR count). The number of pyridine rings is 1. The predicted octanol–water partition coefficient (Wildman–Crippen LogP) is 3.46. The molecule has 2 bridgehead atoms. The molecule has 2 aromatic rings. The summed E-state index contributed by atoms with van der Waals surface area (Å²) in [4.78, 5) is 30.5. The highest BCUT2D eigenvalue weighted by Gasteiger charge is 2.41. The Balaban J connectivity index is 1.42. The number of benzene rings is 1. The molecule has 25 heavy (non-hydrogen) atoms. The summed E-state index contributed by atoms with van der Waals surface area (Å²) in [6.07, 6.45) is 6.77. The molecule has 6 heteroatoms. The summed E-state index contributed by atoms with van der Waals surface area (Å²) in [6, 6.07) is 9.65. The Labute approximate surface area is 154 Å². The Morgan fingerprint density at radius 2 is 1.92 bits per heavy atom. The number of carbonyl (C=O) groups is 2. The normalized spacial score (nSPS) is 21.4. The highest BCUT2D eigenvalue weighted by atomic mass is 79.9. The fraction of sp³-hybridized carbons (Fsp3) is 0.316. The van der Waals surface area contributed by atoms with Gasteiger partial charge in [0.25, 0.3) is 0 Å². The molecular formula is C19H18BrN3O2. The van der Waals surface area contributed by atoms with Crippen molar-refractivity contribution in [3.63, 3.8) is 0 Å². The number of anilines is 1. The van der Waals surface area contributed by atoms with Gasteiger partial charge < -0.3 is 10.2 Å². The van der Waals surface area contributed by atoms with Crippen molar-refractivity contribution >= 4 is 33.4 Å². The van der Waals surface area contributed by atoms with Crippen LogP contribution in [0.3, 0.4) is 0 Å². The number of likely N-dealkylation sites (tertiary alicyclic amines) is 1. The maximum Gasteiger partial charge on any atom is 0.313 e.